The van der Waals surface area contributed by atoms with E-state index in [1.165, 1.54) is 30.7 Å². The molecule has 0 aliphatic carbocycles. The number of rotatable bonds is 6. The number of ether oxygens (including phenoxy) is 1. The van der Waals surface area contributed by atoms with Crippen LogP contribution in [0.15, 0.2) is 57.9 Å². The standard InChI is InChI=1S/C22H19ClN2O4S2/c1-13-14(22-15(12-21(26)29-2)16(23)6-7-17(22)25-13)11-18-19(8-10-30-18)31(27,28)20-5-3-4-9-24-20/h3-10,25H,11-12H2,1-2H3. The van der Waals surface area contributed by atoms with Crippen molar-refractivity contribution >= 4 is 49.6 Å². The average Bonchev–Trinajstić information content (AvgIpc) is 3.36. The Morgan fingerprint density at radius 2 is 2.00 bits per heavy atom. The molecule has 4 aromatic rings. The van der Waals surface area contributed by atoms with Crippen LogP contribution >= 0.6 is 22.9 Å². The second-order valence-corrected chi connectivity index (χ2v) is 10.3. The number of benzene rings is 1. The predicted octanol–water partition coefficient (Wildman–Crippen LogP) is 4.73. The Balaban J connectivity index is 1.83. The summed E-state index contributed by atoms with van der Waals surface area (Å²) in [5, 5.41) is 3.06. The highest BCUT2D eigenvalue weighted by Crippen LogP contribution is 2.36. The summed E-state index contributed by atoms with van der Waals surface area (Å²) in [7, 11) is -2.41. The molecule has 0 radical (unpaired) electrons. The number of fused-ring (bicyclic) bond motifs is 1. The molecule has 3 aromatic heterocycles. The van der Waals surface area contributed by atoms with Crippen LogP contribution in [0.25, 0.3) is 10.9 Å². The third-order valence-electron chi connectivity index (χ3n) is 5.13. The molecule has 4 rings (SSSR count). The van der Waals surface area contributed by atoms with Crippen LogP contribution in [0.2, 0.25) is 5.02 Å². The summed E-state index contributed by atoms with van der Waals surface area (Å²) >= 11 is 7.80. The van der Waals surface area contributed by atoms with Gasteiger partial charge in [-0.1, -0.05) is 17.7 Å². The Labute approximate surface area is 188 Å². The van der Waals surface area contributed by atoms with Crippen LogP contribution in [0.5, 0.6) is 0 Å². The summed E-state index contributed by atoms with van der Waals surface area (Å²) < 4.78 is 31.1. The van der Waals surface area contributed by atoms with E-state index in [0.29, 0.717) is 21.9 Å². The summed E-state index contributed by atoms with van der Waals surface area (Å²) in [4.78, 5) is 20.3. The van der Waals surface area contributed by atoms with E-state index in [-0.39, 0.29) is 16.3 Å². The van der Waals surface area contributed by atoms with Crippen molar-refractivity contribution in [3.05, 3.63) is 74.7 Å². The first-order chi connectivity index (χ1) is 14.8. The molecule has 0 aliphatic rings. The van der Waals surface area contributed by atoms with Gasteiger partial charge in [-0.05, 0) is 53.8 Å². The van der Waals surface area contributed by atoms with Gasteiger partial charge in [-0.15, -0.1) is 11.3 Å². The van der Waals surface area contributed by atoms with Gasteiger partial charge >= 0.3 is 5.97 Å². The largest absolute Gasteiger partial charge is 0.469 e. The molecule has 0 unspecified atom stereocenters. The zero-order valence-electron chi connectivity index (χ0n) is 16.8. The van der Waals surface area contributed by atoms with Crippen molar-refractivity contribution in [1.82, 2.24) is 9.97 Å². The van der Waals surface area contributed by atoms with Gasteiger partial charge in [0, 0.05) is 39.1 Å². The maximum Gasteiger partial charge on any atom is 0.310 e. The van der Waals surface area contributed by atoms with E-state index in [2.05, 4.69) is 9.97 Å². The number of halogens is 1. The number of thiophene rings is 1. The van der Waals surface area contributed by atoms with E-state index in [9.17, 15) is 13.2 Å². The number of sulfone groups is 1. The summed E-state index contributed by atoms with van der Waals surface area (Å²) in [5.74, 6) is -0.395. The molecule has 0 spiro atoms. The number of carbonyl (C=O) groups is 1. The quantitative estimate of drug-likeness (QED) is 0.408. The highest BCUT2D eigenvalue weighted by atomic mass is 35.5. The zero-order valence-corrected chi connectivity index (χ0v) is 19.2. The first-order valence-electron chi connectivity index (χ1n) is 9.40. The van der Waals surface area contributed by atoms with E-state index in [1.807, 2.05) is 13.0 Å². The Bertz CT molecular complexity index is 1380. The van der Waals surface area contributed by atoms with E-state index in [0.717, 1.165) is 22.2 Å². The fourth-order valence-corrected chi connectivity index (χ4v) is 6.49. The van der Waals surface area contributed by atoms with Gasteiger partial charge in [0.2, 0.25) is 9.84 Å². The molecule has 1 aromatic carbocycles. The van der Waals surface area contributed by atoms with Crippen molar-refractivity contribution in [2.45, 2.75) is 29.7 Å². The Hall–Kier alpha value is -2.68. The molecule has 0 bridgehead atoms. The van der Waals surface area contributed by atoms with Crippen molar-refractivity contribution in [3.63, 3.8) is 0 Å². The maximum atomic E-state index is 13.2. The number of nitrogens with zero attached hydrogens (tertiary/aromatic N) is 1. The molecule has 0 amide bonds. The Morgan fingerprint density at radius 1 is 1.19 bits per heavy atom. The van der Waals surface area contributed by atoms with Crippen molar-refractivity contribution in [3.8, 4) is 0 Å². The van der Waals surface area contributed by atoms with Gasteiger partial charge < -0.3 is 9.72 Å². The SMILES string of the molecule is COC(=O)Cc1c(Cl)ccc2[nH]c(C)c(Cc3sccc3S(=O)(=O)c3ccccn3)c12. The van der Waals surface area contributed by atoms with E-state index >= 15 is 0 Å². The maximum absolute atomic E-state index is 13.2. The van der Waals surface area contributed by atoms with Gasteiger partial charge in [0.25, 0.3) is 0 Å². The summed E-state index contributed by atoms with van der Waals surface area (Å²) in [6, 6.07) is 10.0. The number of methoxy groups -OCH3 is 1. The third-order valence-corrected chi connectivity index (χ3v) is 8.28. The van der Waals surface area contributed by atoms with Crippen molar-refractivity contribution in [1.29, 1.82) is 0 Å². The molecule has 0 saturated heterocycles. The van der Waals surface area contributed by atoms with Crippen LogP contribution in [0.1, 0.15) is 21.7 Å². The minimum Gasteiger partial charge on any atom is -0.469 e. The second-order valence-electron chi connectivity index (χ2n) is 6.99. The molecule has 1 N–H and O–H groups in total. The molecule has 3 heterocycles. The molecule has 31 heavy (non-hydrogen) atoms. The number of H-pyrrole nitrogens is 1. The number of aromatic nitrogens is 2. The molecule has 9 heteroatoms. The van der Waals surface area contributed by atoms with Gasteiger partial charge in [0.15, 0.2) is 5.03 Å². The number of esters is 1. The van der Waals surface area contributed by atoms with E-state index in [1.54, 1.807) is 29.6 Å². The van der Waals surface area contributed by atoms with E-state index in [4.69, 9.17) is 16.3 Å². The zero-order chi connectivity index (χ0) is 22.2. The number of carbonyl (C=O) groups excluding carboxylic acids is 1. The van der Waals surface area contributed by atoms with Crippen LogP contribution in [-0.4, -0.2) is 31.5 Å². The van der Waals surface area contributed by atoms with Gasteiger partial charge in [-0.25, -0.2) is 13.4 Å². The number of hydrogen-bond acceptors (Lipinski definition) is 6. The minimum absolute atomic E-state index is 0.0136. The second kappa shape index (κ2) is 8.45. The number of hydrogen-bond donors (Lipinski definition) is 1. The van der Waals surface area contributed by atoms with Crippen LogP contribution < -0.4 is 0 Å². The van der Waals surface area contributed by atoms with Gasteiger partial charge in [-0.3, -0.25) is 4.79 Å². The highest BCUT2D eigenvalue weighted by molar-refractivity contribution is 7.91. The lowest BCUT2D eigenvalue weighted by molar-refractivity contribution is -0.139. The molecule has 0 aliphatic heterocycles. The third kappa shape index (κ3) is 3.98. The summed E-state index contributed by atoms with van der Waals surface area (Å²) in [6.45, 7) is 1.92. The fraction of sp³-hybridized carbons (Fsp3) is 0.182. The lowest BCUT2D eigenvalue weighted by Gasteiger charge is -2.09. The van der Waals surface area contributed by atoms with Crippen LogP contribution in [-0.2, 0) is 32.2 Å². The summed E-state index contributed by atoms with van der Waals surface area (Å²) in [5.41, 5.74) is 3.28. The monoisotopic (exact) mass is 474 g/mol. The molecular formula is C22H19ClN2O4S2. The normalized spacial score (nSPS) is 11.7. The first-order valence-corrected chi connectivity index (χ1v) is 12.1. The molecule has 160 valence electrons. The van der Waals surface area contributed by atoms with Gasteiger partial charge in [0.1, 0.15) is 0 Å². The predicted molar refractivity (Wildman–Crippen MR) is 121 cm³/mol. The van der Waals surface area contributed by atoms with Crippen LogP contribution in [0, 0.1) is 6.92 Å². The van der Waals surface area contributed by atoms with Crippen LogP contribution in [0.3, 0.4) is 0 Å². The lowest BCUT2D eigenvalue weighted by atomic mass is 10.00. The number of aromatic amines is 1. The molecule has 0 saturated carbocycles. The minimum atomic E-state index is -3.75. The van der Waals surface area contributed by atoms with Gasteiger partial charge in [-0.2, -0.15) is 0 Å². The number of pyridine rings is 1. The molecule has 0 fully saturated rings. The van der Waals surface area contributed by atoms with Crippen molar-refractivity contribution in [2.24, 2.45) is 0 Å². The Kier molecular flexibility index (Phi) is 5.88. The number of nitrogens with one attached hydrogen (secondary N) is 1. The first kappa shape index (κ1) is 21.5. The molecule has 6 nitrogen and oxygen atoms in total. The van der Waals surface area contributed by atoms with Crippen LogP contribution in [0.4, 0.5) is 0 Å². The van der Waals surface area contributed by atoms with Gasteiger partial charge in [0.05, 0.1) is 18.4 Å². The average molecular weight is 475 g/mol. The lowest BCUT2D eigenvalue weighted by Crippen LogP contribution is -2.07. The Morgan fingerprint density at radius 3 is 2.71 bits per heavy atom. The summed E-state index contributed by atoms with van der Waals surface area (Å²) in [6.07, 6.45) is 1.86. The highest BCUT2D eigenvalue weighted by Gasteiger charge is 2.25. The number of aryl methyl sites for hydroxylation is 1. The molecular weight excluding hydrogens is 456 g/mol. The van der Waals surface area contributed by atoms with Crippen molar-refractivity contribution in [2.75, 3.05) is 7.11 Å². The molecule has 0 atom stereocenters. The smallest absolute Gasteiger partial charge is 0.310 e. The topological polar surface area (TPSA) is 89.1 Å². The van der Waals surface area contributed by atoms with Crippen molar-refractivity contribution < 1.29 is 17.9 Å². The van der Waals surface area contributed by atoms with E-state index < -0.39 is 15.8 Å². The fourth-order valence-electron chi connectivity index (χ4n) is 3.62.